The number of aliphatic carboxylic acids is 1. The lowest BCUT2D eigenvalue weighted by molar-refractivity contribution is -0.148. The van der Waals surface area contributed by atoms with Gasteiger partial charge in [-0.3, -0.25) is 9.59 Å². The van der Waals surface area contributed by atoms with Gasteiger partial charge in [-0.1, -0.05) is 19.3 Å². The van der Waals surface area contributed by atoms with Crippen molar-refractivity contribution >= 4 is 11.9 Å². The van der Waals surface area contributed by atoms with Crippen LogP contribution in [0.25, 0.3) is 0 Å². The van der Waals surface area contributed by atoms with Gasteiger partial charge in [-0.15, -0.1) is 6.42 Å². The van der Waals surface area contributed by atoms with Crippen LogP contribution in [-0.4, -0.2) is 35.5 Å². The van der Waals surface area contributed by atoms with Crippen LogP contribution >= 0.6 is 0 Å². The van der Waals surface area contributed by atoms with Gasteiger partial charge in [0.05, 0.1) is 18.4 Å². The first-order chi connectivity index (χ1) is 8.01. The summed E-state index contributed by atoms with van der Waals surface area (Å²) >= 11 is 0. The average molecular weight is 237 g/mol. The molecule has 0 radical (unpaired) electrons. The van der Waals surface area contributed by atoms with E-state index in [0.29, 0.717) is 18.8 Å². The number of terminal acetylenes is 1. The largest absolute Gasteiger partial charge is 0.481 e. The number of hydrogen-bond donors (Lipinski definition) is 1. The maximum Gasteiger partial charge on any atom is 0.307 e. The fraction of sp³-hybridized carbons (Fsp3) is 0.692. The van der Waals surface area contributed by atoms with Crippen LogP contribution in [0.1, 0.15) is 26.2 Å². The summed E-state index contributed by atoms with van der Waals surface area (Å²) < 4.78 is 0. The van der Waals surface area contributed by atoms with E-state index in [0.717, 1.165) is 6.42 Å². The van der Waals surface area contributed by atoms with Crippen LogP contribution in [0, 0.1) is 30.1 Å². The van der Waals surface area contributed by atoms with E-state index in [1.807, 2.05) is 6.92 Å². The molecule has 1 amide bonds. The van der Waals surface area contributed by atoms with Gasteiger partial charge in [0, 0.05) is 7.05 Å². The van der Waals surface area contributed by atoms with Gasteiger partial charge < -0.3 is 10.0 Å². The van der Waals surface area contributed by atoms with Crippen molar-refractivity contribution in [3.63, 3.8) is 0 Å². The van der Waals surface area contributed by atoms with Crippen molar-refractivity contribution in [3.8, 4) is 12.3 Å². The topological polar surface area (TPSA) is 57.6 Å². The first-order valence-electron chi connectivity index (χ1n) is 5.92. The highest BCUT2D eigenvalue weighted by Gasteiger charge is 2.42. The number of carbonyl (C=O) groups is 2. The van der Waals surface area contributed by atoms with Crippen molar-refractivity contribution < 1.29 is 14.7 Å². The zero-order chi connectivity index (χ0) is 13.0. The van der Waals surface area contributed by atoms with Gasteiger partial charge in [0.25, 0.3) is 0 Å². The van der Waals surface area contributed by atoms with Gasteiger partial charge in [0.1, 0.15) is 0 Å². The lowest BCUT2D eigenvalue weighted by Gasteiger charge is -2.21. The predicted molar refractivity (Wildman–Crippen MR) is 64.1 cm³/mol. The summed E-state index contributed by atoms with van der Waals surface area (Å²) in [5.74, 6) is 0.781. The predicted octanol–water partition coefficient (Wildman–Crippen LogP) is 1.21. The van der Waals surface area contributed by atoms with Crippen LogP contribution in [0.5, 0.6) is 0 Å². The summed E-state index contributed by atoms with van der Waals surface area (Å²) in [6.07, 6.45) is 7.35. The Morgan fingerprint density at radius 2 is 2.00 bits per heavy atom. The van der Waals surface area contributed by atoms with Crippen molar-refractivity contribution in [2.75, 3.05) is 13.6 Å². The molecule has 0 aromatic rings. The standard InChI is InChI=1S/C13H19NO3/c1-4-6-14(3)12(15)10-7-9(5-2)8-11(10)13(16)17/h1,9-11H,5-8H2,2-3H3,(H,16,17). The van der Waals surface area contributed by atoms with E-state index in [2.05, 4.69) is 5.92 Å². The summed E-state index contributed by atoms with van der Waals surface area (Å²) in [4.78, 5) is 24.7. The number of hydrogen-bond acceptors (Lipinski definition) is 2. The SMILES string of the molecule is C#CCN(C)C(=O)C1CC(CC)CC1C(=O)O. The zero-order valence-electron chi connectivity index (χ0n) is 10.3. The Labute approximate surface area is 102 Å². The molecule has 0 saturated heterocycles. The van der Waals surface area contributed by atoms with Crippen molar-refractivity contribution in [1.82, 2.24) is 4.90 Å². The number of rotatable bonds is 4. The van der Waals surface area contributed by atoms with Gasteiger partial charge in [-0.05, 0) is 18.8 Å². The number of carbonyl (C=O) groups excluding carboxylic acids is 1. The molecule has 1 rings (SSSR count). The second-order valence-electron chi connectivity index (χ2n) is 4.70. The molecule has 0 aliphatic heterocycles. The molecule has 3 unspecified atom stereocenters. The third-order valence-electron chi connectivity index (χ3n) is 3.58. The summed E-state index contributed by atoms with van der Waals surface area (Å²) in [6.45, 7) is 2.26. The Hall–Kier alpha value is -1.50. The Morgan fingerprint density at radius 3 is 2.47 bits per heavy atom. The lowest BCUT2D eigenvalue weighted by atomic mass is 9.95. The number of carboxylic acids is 1. The van der Waals surface area contributed by atoms with Gasteiger partial charge in [-0.25, -0.2) is 0 Å². The Morgan fingerprint density at radius 1 is 1.41 bits per heavy atom. The van der Waals surface area contributed by atoms with E-state index in [1.54, 1.807) is 7.05 Å². The monoisotopic (exact) mass is 237 g/mol. The first kappa shape index (κ1) is 13.6. The molecule has 1 N–H and O–H groups in total. The number of amides is 1. The van der Waals surface area contributed by atoms with Gasteiger partial charge in [0.2, 0.25) is 5.91 Å². The summed E-state index contributed by atoms with van der Waals surface area (Å²) in [6, 6.07) is 0. The molecule has 3 atom stereocenters. The van der Waals surface area contributed by atoms with E-state index in [1.165, 1.54) is 4.90 Å². The molecule has 0 aromatic heterocycles. The minimum Gasteiger partial charge on any atom is -0.481 e. The second kappa shape index (κ2) is 5.72. The van der Waals surface area contributed by atoms with E-state index in [9.17, 15) is 9.59 Å². The lowest BCUT2D eigenvalue weighted by Crippen LogP contribution is -2.37. The Kier molecular flexibility index (Phi) is 4.56. The smallest absolute Gasteiger partial charge is 0.307 e. The summed E-state index contributed by atoms with van der Waals surface area (Å²) in [7, 11) is 1.63. The summed E-state index contributed by atoms with van der Waals surface area (Å²) in [5.41, 5.74) is 0. The molecule has 1 aliphatic rings. The van der Waals surface area contributed by atoms with Gasteiger partial charge in [-0.2, -0.15) is 0 Å². The third-order valence-corrected chi connectivity index (χ3v) is 3.58. The third kappa shape index (κ3) is 3.00. The number of nitrogens with zero attached hydrogens (tertiary/aromatic N) is 1. The normalized spacial score (nSPS) is 27.5. The van der Waals surface area contributed by atoms with Crippen LogP contribution < -0.4 is 0 Å². The molecular weight excluding hydrogens is 218 g/mol. The molecule has 0 spiro atoms. The average Bonchev–Trinajstić information content (AvgIpc) is 2.72. The van der Waals surface area contributed by atoms with Crippen LogP contribution in [0.2, 0.25) is 0 Å². The maximum atomic E-state index is 12.1. The Bertz CT molecular complexity index is 345. The van der Waals surface area contributed by atoms with E-state index < -0.39 is 17.8 Å². The minimum atomic E-state index is -0.867. The molecule has 17 heavy (non-hydrogen) atoms. The molecule has 0 bridgehead atoms. The molecule has 1 fully saturated rings. The molecule has 4 heteroatoms. The second-order valence-corrected chi connectivity index (χ2v) is 4.70. The Balaban J connectivity index is 2.77. The van der Waals surface area contributed by atoms with E-state index in [-0.39, 0.29) is 12.5 Å². The molecule has 94 valence electrons. The van der Waals surface area contributed by atoms with Gasteiger partial charge in [0.15, 0.2) is 0 Å². The highest BCUT2D eigenvalue weighted by molar-refractivity contribution is 5.85. The van der Waals surface area contributed by atoms with Crippen LogP contribution in [-0.2, 0) is 9.59 Å². The molecule has 0 aromatic carbocycles. The number of carboxylic acid groups (broad SMARTS) is 1. The van der Waals surface area contributed by atoms with Gasteiger partial charge >= 0.3 is 5.97 Å². The van der Waals surface area contributed by atoms with Crippen LogP contribution in [0.15, 0.2) is 0 Å². The maximum absolute atomic E-state index is 12.1. The van der Waals surface area contributed by atoms with Crippen molar-refractivity contribution in [2.24, 2.45) is 17.8 Å². The van der Waals surface area contributed by atoms with E-state index in [4.69, 9.17) is 11.5 Å². The quantitative estimate of drug-likeness (QED) is 0.748. The van der Waals surface area contributed by atoms with Crippen molar-refractivity contribution in [2.45, 2.75) is 26.2 Å². The molecule has 1 aliphatic carbocycles. The zero-order valence-corrected chi connectivity index (χ0v) is 10.3. The summed E-state index contributed by atoms with van der Waals surface area (Å²) in [5, 5.41) is 9.15. The highest BCUT2D eigenvalue weighted by atomic mass is 16.4. The fourth-order valence-corrected chi connectivity index (χ4v) is 2.52. The highest BCUT2D eigenvalue weighted by Crippen LogP contribution is 2.39. The first-order valence-corrected chi connectivity index (χ1v) is 5.92. The van der Waals surface area contributed by atoms with Crippen LogP contribution in [0.3, 0.4) is 0 Å². The molecule has 1 saturated carbocycles. The molecular formula is C13H19NO3. The van der Waals surface area contributed by atoms with Crippen LogP contribution in [0.4, 0.5) is 0 Å². The van der Waals surface area contributed by atoms with Crippen molar-refractivity contribution in [3.05, 3.63) is 0 Å². The van der Waals surface area contributed by atoms with Crippen molar-refractivity contribution in [1.29, 1.82) is 0 Å². The molecule has 4 nitrogen and oxygen atoms in total. The molecule has 0 heterocycles. The minimum absolute atomic E-state index is 0.133. The fourth-order valence-electron chi connectivity index (χ4n) is 2.52. The van der Waals surface area contributed by atoms with E-state index >= 15 is 0 Å².